The normalized spacial score (nSPS) is 11.1. The molecule has 9 rings (SSSR count). The predicted octanol–water partition coefficient (Wildman–Crippen LogP) is 14.1. The van der Waals surface area contributed by atoms with Crippen molar-refractivity contribution in [1.29, 1.82) is 0 Å². The molecule has 9 aromatic carbocycles. The van der Waals surface area contributed by atoms with Gasteiger partial charge in [0.2, 0.25) is 0 Å². The molecule has 1 nitrogen and oxygen atoms in total. The van der Waals surface area contributed by atoms with E-state index < -0.39 is 0 Å². The molecular formula is C50H35N. The van der Waals surface area contributed by atoms with Gasteiger partial charge in [-0.2, -0.15) is 0 Å². The molecule has 0 saturated carbocycles. The molecule has 1 heteroatoms. The lowest BCUT2D eigenvalue weighted by molar-refractivity contribution is 1.29. The lowest BCUT2D eigenvalue weighted by atomic mass is 9.87. The summed E-state index contributed by atoms with van der Waals surface area (Å²) in [5, 5.41) is 4.98. The fourth-order valence-corrected chi connectivity index (χ4v) is 7.46. The lowest BCUT2D eigenvalue weighted by Gasteiger charge is -2.30. The van der Waals surface area contributed by atoms with Gasteiger partial charge in [-0.15, -0.1) is 0 Å². The van der Waals surface area contributed by atoms with Gasteiger partial charge in [-0.3, -0.25) is 0 Å². The second kappa shape index (κ2) is 13.3. The van der Waals surface area contributed by atoms with Crippen molar-refractivity contribution in [2.24, 2.45) is 0 Å². The topological polar surface area (TPSA) is 3.24 Å². The van der Waals surface area contributed by atoms with Crippen LogP contribution >= 0.6 is 0 Å². The molecule has 240 valence electrons. The zero-order valence-electron chi connectivity index (χ0n) is 28.2. The molecule has 0 heterocycles. The number of fused-ring (bicyclic) bond motifs is 3. The van der Waals surface area contributed by atoms with Crippen LogP contribution in [0.3, 0.4) is 0 Å². The molecule has 51 heavy (non-hydrogen) atoms. The summed E-state index contributed by atoms with van der Waals surface area (Å²) in [5.41, 5.74) is 12.8. The number of hydrogen-bond acceptors (Lipinski definition) is 1. The van der Waals surface area contributed by atoms with E-state index in [1.807, 2.05) is 0 Å². The quantitative estimate of drug-likeness (QED) is 0.155. The first kappa shape index (κ1) is 30.4. The molecule has 0 unspecified atom stereocenters. The first-order chi connectivity index (χ1) is 25.3. The van der Waals surface area contributed by atoms with Crippen molar-refractivity contribution in [2.45, 2.75) is 0 Å². The Balaban J connectivity index is 1.35. The standard InChI is InChI=1S/C50H35N/c1-4-16-36(17-5-1)40-23-14-24-42(34-40)51(43-32-33-46-41(35-43)31-30-39-22-10-11-25-44(39)46)49-29-15-28-47(38-20-8-3-9-21-38)50(49)48-27-13-12-26-45(48)37-18-6-2-7-19-37/h1-35H. The third-order valence-corrected chi connectivity index (χ3v) is 9.85. The van der Waals surface area contributed by atoms with Gasteiger partial charge in [0.1, 0.15) is 0 Å². The first-order valence-corrected chi connectivity index (χ1v) is 17.5. The minimum Gasteiger partial charge on any atom is -0.310 e. The number of hydrogen-bond donors (Lipinski definition) is 0. The molecule has 0 radical (unpaired) electrons. The summed E-state index contributed by atoms with van der Waals surface area (Å²) < 4.78 is 0. The van der Waals surface area contributed by atoms with Crippen LogP contribution in [0.4, 0.5) is 17.1 Å². The van der Waals surface area contributed by atoms with E-state index in [9.17, 15) is 0 Å². The summed E-state index contributed by atoms with van der Waals surface area (Å²) in [6.07, 6.45) is 0. The molecule has 0 aliphatic carbocycles. The van der Waals surface area contributed by atoms with E-state index in [4.69, 9.17) is 0 Å². The molecule has 0 aromatic heterocycles. The second-order valence-electron chi connectivity index (χ2n) is 12.9. The molecule has 9 aromatic rings. The van der Waals surface area contributed by atoms with Crippen molar-refractivity contribution >= 4 is 38.6 Å². The van der Waals surface area contributed by atoms with Crippen molar-refractivity contribution in [3.8, 4) is 44.5 Å². The van der Waals surface area contributed by atoms with E-state index in [2.05, 4.69) is 217 Å². The maximum absolute atomic E-state index is 2.45. The van der Waals surface area contributed by atoms with Gasteiger partial charge in [0, 0.05) is 16.9 Å². The summed E-state index contributed by atoms with van der Waals surface area (Å²) in [5.74, 6) is 0. The molecule has 0 N–H and O–H groups in total. The third-order valence-electron chi connectivity index (χ3n) is 9.85. The SMILES string of the molecule is c1ccc(-c2cccc(N(c3ccc4c(ccc5ccccc54)c3)c3cccc(-c4ccccc4)c3-c3ccccc3-c3ccccc3)c2)cc1. The van der Waals surface area contributed by atoms with Crippen molar-refractivity contribution in [2.75, 3.05) is 4.90 Å². The van der Waals surface area contributed by atoms with E-state index in [1.165, 1.54) is 66.1 Å². The predicted molar refractivity (Wildman–Crippen MR) is 218 cm³/mol. The van der Waals surface area contributed by atoms with E-state index in [0.717, 1.165) is 17.1 Å². The fraction of sp³-hybridized carbons (Fsp3) is 0. The average Bonchev–Trinajstić information content (AvgIpc) is 3.22. The van der Waals surface area contributed by atoms with Crippen LogP contribution in [0.1, 0.15) is 0 Å². The molecular weight excluding hydrogens is 615 g/mol. The van der Waals surface area contributed by atoms with Crippen molar-refractivity contribution < 1.29 is 0 Å². The molecule has 0 fully saturated rings. The van der Waals surface area contributed by atoms with Crippen LogP contribution in [0, 0.1) is 0 Å². The van der Waals surface area contributed by atoms with Crippen molar-refractivity contribution in [1.82, 2.24) is 0 Å². The highest BCUT2D eigenvalue weighted by atomic mass is 15.1. The van der Waals surface area contributed by atoms with Crippen LogP contribution < -0.4 is 4.90 Å². The Labute approximate surface area is 299 Å². The molecule has 0 bridgehead atoms. The maximum atomic E-state index is 2.45. The summed E-state index contributed by atoms with van der Waals surface area (Å²) in [7, 11) is 0. The highest BCUT2D eigenvalue weighted by Crippen LogP contribution is 2.48. The average molecular weight is 650 g/mol. The van der Waals surface area contributed by atoms with Gasteiger partial charge in [0.25, 0.3) is 0 Å². The highest BCUT2D eigenvalue weighted by molar-refractivity contribution is 6.09. The Kier molecular flexibility index (Phi) is 7.92. The summed E-state index contributed by atoms with van der Waals surface area (Å²) >= 11 is 0. The van der Waals surface area contributed by atoms with E-state index in [1.54, 1.807) is 0 Å². The van der Waals surface area contributed by atoms with Crippen LogP contribution in [0.25, 0.3) is 66.1 Å². The minimum absolute atomic E-state index is 1.10. The van der Waals surface area contributed by atoms with Crippen LogP contribution in [-0.2, 0) is 0 Å². The zero-order chi connectivity index (χ0) is 34.0. The molecule has 0 spiro atoms. The largest absolute Gasteiger partial charge is 0.310 e. The monoisotopic (exact) mass is 649 g/mol. The fourth-order valence-electron chi connectivity index (χ4n) is 7.46. The maximum Gasteiger partial charge on any atom is 0.0546 e. The van der Waals surface area contributed by atoms with Crippen LogP contribution in [0.5, 0.6) is 0 Å². The highest BCUT2D eigenvalue weighted by Gasteiger charge is 2.23. The van der Waals surface area contributed by atoms with Gasteiger partial charge >= 0.3 is 0 Å². The van der Waals surface area contributed by atoms with Crippen molar-refractivity contribution in [3.63, 3.8) is 0 Å². The first-order valence-electron chi connectivity index (χ1n) is 17.5. The molecule has 0 atom stereocenters. The minimum atomic E-state index is 1.10. The van der Waals surface area contributed by atoms with Gasteiger partial charge in [-0.05, 0) is 90.8 Å². The Bertz CT molecular complexity index is 2620. The van der Waals surface area contributed by atoms with E-state index in [0.29, 0.717) is 0 Å². The van der Waals surface area contributed by atoms with Crippen LogP contribution in [0.15, 0.2) is 212 Å². The van der Waals surface area contributed by atoms with Gasteiger partial charge in [-0.25, -0.2) is 0 Å². The van der Waals surface area contributed by atoms with Gasteiger partial charge in [0.15, 0.2) is 0 Å². The second-order valence-corrected chi connectivity index (χ2v) is 12.9. The molecule has 0 amide bonds. The van der Waals surface area contributed by atoms with E-state index >= 15 is 0 Å². The Morgan fingerprint density at radius 3 is 1.57 bits per heavy atom. The van der Waals surface area contributed by atoms with Gasteiger partial charge < -0.3 is 4.90 Å². The number of benzene rings is 9. The zero-order valence-corrected chi connectivity index (χ0v) is 28.2. The third kappa shape index (κ3) is 5.75. The van der Waals surface area contributed by atoms with Gasteiger partial charge in [0.05, 0.1) is 5.69 Å². The summed E-state index contributed by atoms with van der Waals surface area (Å²) in [6.45, 7) is 0. The summed E-state index contributed by atoms with van der Waals surface area (Å²) in [4.78, 5) is 2.45. The molecule has 0 aliphatic rings. The molecule has 0 aliphatic heterocycles. The Morgan fingerprint density at radius 2 is 0.804 bits per heavy atom. The van der Waals surface area contributed by atoms with Crippen LogP contribution in [-0.4, -0.2) is 0 Å². The Morgan fingerprint density at radius 1 is 0.275 bits per heavy atom. The smallest absolute Gasteiger partial charge is 0.0546 e. The molecule has 0 saturated heterocycles. The van der Waals surface area contributed by atoms with Crippen molar-refractivity contribution in [3.05, 3.63) is 212 Å². The summed E-state index contributed by atoms with van der Waals surface area (Å²) in [6, 6.07) is 76.8. The number of nitrogens with zero attached hydrogens (tertiary/aromatic N) is 1. The number of anilines is 3. The van der Waals surface area contributed by atoms with Gasteiger partial charge in [-0.1, -0.05) is 182 Å². The van der Waals surface area contributed by atoms with E-state index in [-0.39, 0.29) is 0 Å². The Hall–Kier alpha value is -6.70. The lowest BCUT2D eigenvalue weighted by Crippen LogP contribution is -2.12. The van der Waals surface area contributed by atoms with Crippen LogP contribution in [0.2, 0.25) is 0 Å². The number of rotatable bonds is 7.